The Morgan fingerprint density at radius 1 is 1.26 bits per heavy atom. The number of methoxy groups -OCH3 is 1. The van der Waals surface area contributed by atoms with Gasteiger partial charge < -0.3 is 15.2 Å². The van der Waals surface area contributed by atoms with E-state index in [2.05, 4.69) is 4.98 Å². The van der Waals surface area contributed by atoms with Crippen molar-refractivity contribution in [2.45, 2.75) is 19.6 Å². The van der Waals surface area contributed by atoms with Crippen LogP contribution >= 0.6 is 0 Å². The Labute approximate surface area is 113 Å². The van der Waals surface area contributed by atoms with Gasteiger partial charge in [-0.05, 0) is 36.8 Å². The number of aromatic nitrogens is 1. The van der Waals surface area contributed by atoms with Crippen molar-refractivity contribution in [1.29, 1.82) is 0 Å². The maximum Gasteiger partial charge on any atom is 0.219 e. The minimum absolute atomic E-state index is 0.00326. The predicted octanol–water partition coefficient (Wildman–Crippen LogP) is 2.69. The number of pyridine rings is 1. The van der Waals surface area contributed by atoms with Gasteiger partial charge in [0.1, 0.15) is 12.4 Å². The van der Waals surface area contributed by atoms with Crippen LogP contribution in [0.15, 0.2) is 42.6 Å². The van der Waals surface area contributed by atoms with Crippen LogP contribution in [0.3, 0.4) is 0 Å². The van der Waals surface area contributed by atoms with Crippen LogP contribution in [0.5, 0.6) is 11.6 Å². The third-order valence-corrected chi connectivity index (χ3v) is 2.82. The molecule has 1 heterocycles. The summed E-state index contributed by atoms with van der Waals surface area (Å²) in [6.07, 6.45) is 1.69. The summed E-state index contributed by atoms with van der Waals surface area (Å²) in [5.74, 6) is 1.38. The van der Waals surface area contributed by atoms with E-state index in [4.69, 9.17) is 15.2 Å². The van der Waals surface area contributed by atoms with Gasteiger partial charge in [-0.1, -0.05) is 12.1 Å². The second kappa shape index (κ2) is 6.20. The highest BCUT2D eigenvalue weighted by Gasteiger charge is 2.05. The van der Waals surface area contributed by atoms with Crippen LogP contribution < -0.4 is 15.2 Å². The van der Waals surface area contributed by atoms with Crippen LogP contribution in [0, 0.1) is 0 Å². The quantitative estimate of drug-likeness (QED) is 0.895. The van der Waals surface area contributed by atoms with Crippen molar-refractivity contribution < 1.29 is 9.47 Å². The van der Waals surface area contributed by atoms with E-state index in [0.29, 0.717) is 12.5 Å². The molecule has 1 aromatic heterocycles. The lowest BCUT2D eigenvalue weighted by atomic mass is 10.1. The standard InChI is InChI=1S/C15H18N2O2/c1-11(16)12-5-3-7-14(9-12)19-10-13-6-4-8-17-15(13)18-2/h3-9,11H,10,16H2,1-2H3/t11-/m0/s1. The Morgan fingerprint density at radius 3 is 2.84 bits per heavy atom. The van der Waals surface area contributed by atoms with Crippen LogP contribution in [0.2, 0.25) is 0 Å². The van der Waals surface area contributed by atoms with Gasteiger partial charge in [0, 0.05) is 12.2 Å². The molecule has 0 aliphatic rings. The van der Waals surface area contributed by atoms with E-state index in [1.807, 2.05) is 43.3 Å². The zero-order valence-corrected chi connectivity index (χ0v) is 11.2. The molecule has 0 fully saturated rings. The fourth-order valence-corrected chi connectivity index (χ4v) is 1.77. The minimum atomic E-state index is -0.00326. The lowest BCUT2D eigenvalue weighted by Crippen LogP contribution is -2.05. The van der Waals surface area contributed by atoms with Crippen molar-refractivity contribution in [2.75, 3.05) is 7.11 Å². The van der Waals surface area contributed by atoms with Crippen molar-refractivity contribution >= 4 is 0 Å². The molecule has 0 spiro atoms. The average Bonchev–Trinajstić information content (AvgIpc) is 2.45. The molecule has 2 aromatic rings. The molecule has 100 valence electrons. The smallest absolute Gasteiger partial charge is 0.219 e. The van der Waals surface area contributed by atoms with Crippen LogP contribution in [0.1, 0.15) is 24.1 Å². The fourth-order valence-electron chi connectivity index (χ4n) is 1.77. The number of hydrogen-bond acceptors (Lipinski definition) is 4. The molecular formula is C15H18N2O2. The summed E-state index contributed by atoms with van der Waals surface area (Å²) in [5.41, 5.74) is 7.81. The van der Waals surface area contributed by atoms with E-state index in [0.717, 1.165) is 16.9 Å². The van der Waals surface area contributed by atoms with Crippen molar-refractivity contribution in [3.63, 3.8) is 0 Å². The third-order valence-electron chi connectivity index (χ3n) is 2.82. The molecule has 0 unspecified atom stereocenters. The van der Waals surface area contributed by atoms with E-state index < -0.39 is 0 Å². The molecule has 1 atom stereocenters. The highest BCUT2D eigenvalue weighted by Crippen LogP contribution is 2.20. The monoisotopic (exact) mass is 258 g/mol. The number of ether oxygens (including phenoxy) is 2. The van der Waals surface area contributed by atoms with Gasteiger partial charge in [-0.3, -0.25) is 0 Å². The second-order valence-corrected chi connectivity index (χ2v) is 4.32. The first-order valence-electron chi connectivity index (χ1n) is 6.17. The van der Waals surface area contributed by atoms with Gasteiger partial charge in [-0.15, -0.1) is 0 Å². The molecule has 0 saturated heterocycles. The summed E-state index contributed by atoms with van der Waals surface area (Å²) in [4.78, 5) is 4.13. The summed E-state index contributed by atoms with van der Waals surface area (Å²) >= 11 is 0. The normalized spacial score (nSPS) is 11.9. The van der Waals surface area contributed by atoms with Gasteiger partial charge in [0.15, 0.2) is 0 Å². The second-order valence-electron chi connectivity index (χ2n) is 4.32. The molecule has 0 aliphatic carbocycles. The maximum atomic E-state index is 5.85. The molecule has 4 heteroatoms. The minimum Gasteiger partial charge on any atom is -0.489 e. The van der Waals surface area contributed by atoms with Crippen LogP contribution in [0.4, 0.5) is 0 Å². The van der Waals surface area contributed by atoms with Gasteiger partial charge in [-0.2, -0.15) is 0 Å². The van der Waals surface area contributed by atoms with Crippen LogP contribution in [-0.2, 0) is 6.61 Å². The molecule has 2 rings (SSSR count). The molecule has 0 saturated carbocycles. The first-order chi connectivity index (χ1) is 9.20. The molecule has 1 aromatic carbocycles. The van der Waals surface area contributed by atoms with Crippen LogP contribution in [0.25, 0.3) is 0 Å². The molecule has 0 radical (unpaired) electrons. The number of hydrogen-bond donors (Lipinski definition) is 1. The van der Waals surface area contributed by atoms with Crippen molar-refractivity contribution in [3.05, 3.63) is 53.7 Å². The topological polar surface area (TPSA) is 57.4 Å². The molecule has 0 aliphatic heterocycles. The Kier molecular flexibility index (Phi) is 4.36. The molecule has 2 N–H and O–H groups in total. The number of nitrogens with two attached hydrogens (primary N) is 1. The van der Waals surface area contributed by atoms with Gasteiger partial charge in [0.2, 0.25) is 5.88 Å². The largest absolute Gasteiger partial charge is 0.489 e. The Balaban J connectivity index is 2.08. The highest BCUT2D eigenvalue weighted by atomic mass is 16.5. The molecular weight excluding hydrogens is 240 g/mol. The third kappa shape index (κ3) is 3.45. The van der Waals surface area contributed by atoms with E-state index in [1.165, 1.54) is 0 Å². The Hall–Kier alpha value is -2.07. The molecule has 4 nitrogen and oxygen atoms in total. The number of nitrogens with zero attached hydrogens (tertiary/aromatic N) is 1. The first kappa shape index (κ1) is 13.4. The summed E-state index contributed by atoms with van der Waals surface area (Å²) < 4.78 is 10.9. The lowest BCUT2D eigenvalue weighted by molar-refractivity contribution is 0.293. The van der Waals surface area contributed by atoms with Gasteiger partial charge in [-0.25, -0.2) is 4.98 Å². The molecule has 0 bridgehead atoms. The lowest BCUT2D eigenvalue weighted by Gasteiger charge is -2.11. The number of rotatable bonds is 5. The first-order valence-corrected chi connectivity index (χ1v) is 6.17. The van der Waals surface area contributed by atoms with E-state index in [1.54, 1.807) is 13.3 Å². The zero-order chi connectivity index (χ0) is 13.7. The van der Waals surface area contributed by atoms with E-state index in [-0.39, 0.29) is 6.04 Å². The van der Waals surface area contributed by atoms with Crippen LogP contribution in [-0.4, -0.2) is 12.1 Å². The van der Waals surface area contributed by atoms with E-state index in [9.17, 15) is 0 Å². The van der Waals surface area contributed by atoms with Gasteiger partial charge >= 0.3 is 0 Å². The Morgan fingerprint density at radius 2 is 2.11 bits per heavy atom. The maximum absolute atomic E-state index is 5.85. The SMILES string of the molecule is COc1ncccc1COc1cccc([C@H](C)N)c1. The summed E-state index contributed by atoms with van der Waals surface area (Å²) in [5, 5.41) is 0. The predicted molar refractivity (Wildman–Crippen MR) is 74.2 cm³/mol. The average molecular weight is 258 g/mol. The van der Waals surface area contributed by atoms with Crippen molar-refractivity contribution in [1.82, 2.24) is 4.98 Å². The summed E-state index contributed by atoms with van der Waals surface area (Å²) in [6.45, 7) is 2.36. The Bertz CT molecular complexity index is 541. The molecule has 19 heavy (non-hydrogen) atoms. The summed E-state index contributed by atoms with van der Waals surface area (Å²) in [6, 6.07) is 11.6. The number of benzene rings is 1. The van der Waals surface area contributed by atoms with Gasteiger partial charge in [0.25, 0.3) is 0 Å². The van der Waals surface area contributed by atoms with Crippen molar-refractivity contribution in [3.8, 4) is 11.6 Å². The van der Waals surface area contributed by atoms with Crippen molar-refractivity contribution in [2.24, 2.45) is 5.73 Å². The highest BCUT2D eigenvalue weighted by molar-refractivity contribution is 5.31. The fraction of sp³-hybridized carbons (Fsp3) is 0.267. The summed E-state index contributed by atoms with van der Waals surface area (Å²) in [7, 11) is 1.60. The van der Waals surface area contributed by atoms with E-state index >= 15 is 0 Å². The zero-order valence-electron chi connectivity index (χ0n) is 11.2. The van der Waals surface area contributed by atoms with Gasteiger partial charge in [0.05, 0.1) is 12.7 Å². The molecule has 0 amide bonds.